The molecule has 0 fully saturated rings. The fraction of sp³-hybridized carbons (Fsp3) is 0.706. The predicted octanol–water partition coefficient (Wildman–Crippen LogP) is 4.85. The van der Waals surface area contributed by atoms with Crippen LogP contribution in [0, 0.1) is 0 Å². The summed E-state index contributed by atoms with van der Waals surface area (Å²) >= 11 is 0. The Bertz CT molecular complexity index is 317. The van der Waals surface area contributed by atoms with Crippen LogP contribution in [0.3, 0.4) is 0 Å². The number of hydrogen-bond acceptors (Lipinski definition) is 0. The molecule has 1 aromatic heterocycles. The molecular formula is C17H30N+. The van der Waals surface area contributed by atoms with Crippen molar-refractivity contribution in [2.24, 2.45) is 0 Å². The van der Waals surface area contributed by atoms with Crippen molar-refractivity contribution < 1.29 is 4.57 Å². The van der Waals surface area contributed by atoms with Crippen LogP contribution in [0.5, 0.6) is 0 Å². The Morgan fingerprint density at radius 3 is 2.28 bits per heavy atom. The van der Waals surface area contributed by atoms with Crippen LogP contribution >= 0.6 is 0 Å². The largest absolute Gasteiger partial charge is 0.202 e. The number of aromatic nitrogens is 1. The van der Waals surface area contributed by atoms with E-state index in [1.807, 2.05) is 0 Å². The Morgan fingerprint density at radius 2 is 1.61 bits per heavy atom. The summed E-state index contributed by atoms with van der Waals surface area (Å²) in [6, 6.07) is 6.55. The highest BCUT2D eigenvalue weighted by Crippen LogP contribution is 2.10. The summed E-state index contributed by atoms with van der Waals surface area (Å²) in [6.45, 7) is 8.01. The van der Waals surface area contributed by atoms with Crippen LogP contribution in [-0.4, -0.2) is 0 Å². The van der Waals surface area contributed by atoms with Crippen molar-refractivity contribution >= 4 is 0 Å². The van der Waals surface area contributed by atoms with E-state index in [9.17, 15) is 0 Å². The third-order valence-corrected chi connectivity index (χ3v) is 3.57. The second-order valence-electron chi connectivity index (χ2n) is 5.59. The third-order valence-electron chi connectivity index (χ3n) is 3.57. The Morgan fingerprint density at radius 1 is 0.944 bits per heavy atom. The van der Waals surface area contributed by atoms with Crippen molar-refractivity contribution in [3.8, 4) is 0 Å². The molecule has 1 heteroatoms. The normalized spacial score (nSPS) is 11.1. The Labute approximate surface area is 113 Å². The van der Waals surface area contributed by atoms with Crippen molar-refractivity contribution in [2.45, 2.75) is 78.2 Å². The van der Waals surface area contributed by atoms with Gasteiger partial charge in [0.1, 0.15) is 6.54 Å². The van der Waals surface area contributed by atoms with E-state index in [1.165, 1.54) is 57.2 Å². The van der Waals surface area contributed by atoms with E-state index >= 15 is 0 Å². The summed E-state index contributed by atoms with van der Waals surface area (Å²) in [5, 5.41) is 0. The molecule has 0 unspecified atom stereocenters. The summed E-state index contributed by atoms with van der Waals surface area (Å²) in [6.07, 6.45) is 11.9. The van der Waals surface area contributed by atoms with Crippen LogP contribution in [0.2, 0.25) is 0 Å². The van der Waals surface area contributed by atoms with Crippen molar-refractivity contribution in [1.29, 1.82) is 0 Å². The zero-order valence-corrected chi connectivity index (χ0v) is 12.5. The van der Waals surface area contributed by atoms with Gasteiger partial charge in [-0.15, -0.1) is 0 Å². The van der Waals surface area contributed by atoms with Crippen molar-refractivity contribution in [3.05, 3.63) is 30.1 Å². The van der Waals surface area contributed by atoms with Gasteiger partial charge in [0.05, 0.1) is 0 Å². The summed E-state index contributed by atoms with van der Waals surface area (Å²) in [5.41, 5.74) is 1.46. The van der Waals surface area contributed by atoms with E-state index in [0.29, 0.717) is 5.92 Å². The van der Waals surface area contributed by atoms with E-state index in [0.717, 1.165) is 0 Å². The smallest absolute Gasteiger partial charge is 0.183 e. The first kappa shape index (κ1) is 15.2. The van der Waals surface area contributed by atoms with Crippen molar-refractivity contribution in [3.63, 3.8) is 0 Å². The zero-order valence-electron chi connectivity index (χ0n) is 12.5. The van der Waals surface area contributed by atoms with E-state index in [4.69, 9.17) is 0 Å². The number of hydrogen-bond donors (Lipinski definition) is 0. The first-order chi connectivity index (χ1) is 8.75. The van der Waals surface area contributed by atoms with Gasteiger partial charge in [-0.1, -0.05) is 58.9 Å². The average Bonchev–Trinajstić information content (AvgIpc) is 2.38. The first-order valence-electron chi connectivity index (χ1n) is 7.74. The fourth-order valence-corrected chi connectivity index (χ4v) is 2.46. The van der Waals surface area contributed by atoms with Gasteiger partial charge >= 0.3 is 0 Å². The fourth-order valence-electron chi connectivity index (χ4n) is 2.46. The van der Waals surface area contributed by atoms with Gasteiger partial charge in [-0.2, -0.15) is 0 Å². The molecule has 0 atom stereocenters. The minimum Gasteiger partial charge on any atom is -0.202 e. The maximum Gasteiger partial charge on any atom is 0.183 e. The van der Waals surface area contributed by atoms with Gasteiger partial charge < -0.3 is 0 Å². The topological polar surface area (TPSA) is 3.88 Å². The van der Waals surface area contributed by atoms with Gasteiger partial charge in [-0.3, -0.25) is 0 Å². The molecule has 0 aliphatic heterocycles. The average molecular weight is 248 g/mol. The van der Waals surface area contributed by atoms with Gasteiger partial charge in [0.25, 0.3) is 0 Å². The Kier molecular flexibility index (Phi) is 7.71. The zero-order chi connectivity index (χ0) is 13.2. The molecule has 18 heavy (non-hydrogen) atoms. The van der Waals surface area contributed by atoms with Gasteiger partial charge in [0, 0.05) is 24.5 Å². The number of rotatable bonds is 9. The molecule has 102 valence electrons. The van der Waals surface area contributed by atoms with E-state index in [1.54, 1.807) is 0 Å². The van der Waals surface area contributed by atoms with E-state index in [2.05, 4.69) is 49.7 Å². The van der Waals surface area contributed by atoms with E-state index in [-0.39, 0.29) is 0 Å². The summed E-state index contributed by atoms with van der Waals surface area (Å²) < 4.78 is 2.43. The maximum atomic E-state index is 2.43. The lowest BCUT2D eigenvalue weighted by Gasteiger charge is -2.06. The van der Waals surface area contributed by atoms with Crippen LogP contribution in [0.15, 0.2) is 24.4 Å². The third kappa shape index (κ3) is 5.66. The molecule has 0 amide bonds. The maximum absolute atomic E-state index is 2.43. The molecule has 0 bridgehead atoms. The lowest BCUT2D eigenvalue weighted by atomic mass is 10.1. The van der Waals surface area contributed by atoms with Crippen LogP contribution in [0.25, 0.3) is 0 Å². The molecule has 0 aliphatic rings. The summed E-state index contributed by atoms with van der Waals surface area (Å²) in [4.78, 5) is 0. The molecule has 0 radical (unpaired) electrons. The molecule has 0 saturated carbocycles. The number of aryl methyl sites for hydroxylation is 1. The first-order valence-corrected chi connectivity index (χ1v) is 7.74. The number of pyridine rings is 1. The molecule has 0 aliphatic carbocycles. The number of nitrogens with zero attached hydrogens (tertiary/aromatic N) is 1. The monoisotopic (exact) mass is 248 g/mol. The predicted molar refractivity (Wildman–Crippen MR) is 78.7 cm³/mol. The lowest BCUT2D eigenvalue weighted by Crippen LogP contribution is -2.38. The standard InChI is InChI=1S/C17H30N/c1-4-5-6-7-8-9-11-14-18-15-12-10-13-17(18)16(2)3/h10,12-13,15-16H,4-9,11,14H2,1-3H3/q+1. The second kappa shape index (κ2) is 9.13. The SMILES string of the molecule is CCCCCCCCC[n+]1ccccc1C(C)C. The number of unbranched alkanes of at least 4 members (excludes halogenated alkanes) is 6. The Balaban J connectivity index is 2.23. The lowest BCUT2D eigenvalue weighted by molar-refractivity contribution is -0.705. The van der Waals surface area contributed by atoms with Crippen LogP contribution in [-0.2, 0) is 6.54 Å². The molecule has 1 heterocycles. The molecule has 0 N–H and O–H groups in total. The molecule has 0 saturated heterocycles. The van der Waals surface area contributed by atoms with Gasteiger partial charge in [-0.05, 0) is 6.42 Å². The van der Waals surface area contributed by atoms with Crippen LogP contribution in [0.1, 0.15) is 77.3 Å². The van der Waals surface area contributed by atoms with Gasteiger partial charge in [-0.25, -0.2) is 4.57 Å². The molecule has 0 spiro atoms. The molecular weight excluding hydrogens is 218 g/mol. The molecule has 1 nitrogen and oxygen atoms in total. The minimum absolute atomic E-state index is 0.621. The van der Waals surface area contributed by atoms with Crippen LogP contribution in [0.4, 0.5) is 0 Å². The molecule has 1 rings (SSSR count). The van der Waals surface area contributed by atoms with Crippen molar-refractivity contribution in [2.75, 3.05) is 0 Å². The highest BCUT2D eigenvalue weighted by Gasteiger charge is 2.12. The molecule has 1 aromatic rings. The highest BCUT2D eigenvalue weighted by molar-refractivity contribution is 5.01. The summed E-state index contributed by atoms with van der Waals surface area (Å²) in [7, 11) is 0. The summed E-state index contributed by atoms with van der Waals surface area (Å²) in [5.74, 6) is 0.621. The van der Waals surface area contributed by atoms with Gasteiger partial charge in [0.15, 0.2) is 11.9 Å². The van der Waals surface area contributed by atoms with Crippen LogP contribution < -0.4 is 4.57 Å². The van der Waals surface area contributed by atoms with Crippen molar-refractivity contribution in [1.82, 2.24) is 0 Å². The minimum atomic E-state index is 0.621. The quantitative estimate of drug-likeness (QED) is 0.434. The second-order valence-corrected chi connectivity index (χ2v) is 5.59. The molecule has 0 aromatic carbocycles. The highest BCUT2D eigenvalue weighted by atomic mass is 15.0. The van der Waals surface area contributed by atoms with E-state index < -0.39 is 0 Å². The Hall–Kier alpha value is -0.850. The van der Waals surface area contributed by atoms with Gasteiger partial charge in [0.2, 0.25) is 0 Å².